The van der Waals surface area contributed by atoms with E-state index in [1.165, 1.54) is 6.07 Å². The highest BCUT2D eigenvalue weighted by Gasteiger charge is 2.08. The molecular weight excluding hydrogens is 221 g/mol. The van der Waals surface area contributed by atoms with Gasteiger partial charge in [-0.1, -0.05) is 19.1 Å². The lowest BCUT2D eigenvalue weighted by Crippen LogP contribution is -2.36. The molecule has 0 aliphatic heterocycles. The van der Waals surface area contributed by atoms with Crippen molar-refractivity contribution < 1.29 is 14.2 Å². The van der Waals surface area contributed by atoms with Crippen LogP contribution in [0.4, 0.5) is 4.39 Å². The Balaban J connectivity index is 2.28. The van der Waals surface area contributed by atoms with Gasteiger partial charge in [-0.3, -0.25) is 0 Å². The number of ether oxygens (including phenoxy) is 1. The van der Waals surface area contributed by atoms with E-state index in [1.54, 1.807) is 18.2 Å². The Kier molecular flexibility index (Phi) is 5.94. The largest absolute Gasteiger partial charge is 0.488 e. The van der Waals surface area contributed by atoms with Gasteiger partial charge in [0.2, 0.25) is 0 Å². The zero-order valence-electron chi connectivity index (χ0n) is 10.3. The Hall–Kier alpha value is -1.13. The van der Waals surface area contributed by atoms with Crippen LogP contribution in [0.15, 0.2) is 24.3 Å². The van der Waals surface area contributed by atoms with Crippen LogP contribution >= 0.6 is 0 Å². The molecule has 0 radical (unpaired) electrons. The second kappa shape index (κ2) is 7.25. The Morgan fingerprint density at radius 2 is 2.12 bits per heavy atom. The molecular formula is C13H20FNO2. The number of benzene rings is 1. The quantitative estimate of drug-likeness (QED) is 0.766. The van der Waals surface area contributed by atoms with Gasteiger partial charge in [0.05, 0.1) is 0 Å². The molecule has 4 heteroatoms. The molecule has 0 saturated heterocycles. The van der Waals surface area contributed by atoms with Gasteiger partial charge in [-0.2, -0.15) is 0 Å². The molecule has 3 nitrogen and oxygen atoms in total. The summed E-state index contributed by atoms with van der Waals surface area (Å²) in [5.41, 5.74) is 0. The minimum absolute atomic E-state index is 0.0877. The molecule has 1 rings (SSSR count). The number of rotatable bonds is 7. The predicted octanol–water partition coefficient (Wildman–Crippen LogP) is 1.95. The van der Waals surface area contributed by atoms with Crippen LogP contribution in [-0.4, -0.2) is 30.4 Å². The van der Waals surface area contributed by atoms with Crippen molar-refractivity contribution in [3.8, 4) is 5.75 Å². The Morgan fingerprint density at radius 1 is 1.41 bits per heavy atom. The van der Waals surface area contributed by atoms with Gasteiger partial charge in [0.1, 0.15) is 12.7 Å². The standard InChI is InChI=1S/C13H20FNO2/c1-3-10(2)15-8-11(16)9-17-13-7-5-4-6-12(13)14/h4-7,10-11,15-16H,3,8-9H2,1-2H3/t10-,11-/m0/s1. The first-order valence-electron chi connectivity index (χ1n) is 5.92. The van der Waals surface area contributed by atoms with Gasteiger partial charge in [0, 0.05) is 12.6 Å². The molecule has 0 spiro atoms. The highest BCUT2D eigenvalue weighted by atomic mass is 19.1. The predicted molar refractivity (Wildman–Crippen MR) is 65.7 cm³/mol. The second-order valence-electron chi connectivity index (χ2n) is 4.11. The van der Waals surface area contributed by atoms with Crippen molar-refractivity contribution >= 4 is 0 Å². The zero-order valence-corrected chi connectivity index (χ0v) is 10.3. The highest BCUT2D eigenvalue weighted by Crippen LogP contribution is 2.15. The Bertz CT molecular complexity index is 333. The van der Waals surface area contributed by atoms with E-state index in [2.05, 4.69) is 12.2 Å². The van der Waals surface area contributed by atoms with Crippen LogP contribution in [0, 0.1) is 5.82 Å². The van der Waals surface area contributed by atoms with Gasteiger partial charge in [-0.15, -0.1) is 0 Å². The smallest absolute Gasteiger partial charge is 0.165 e. The topological polar surface area (TPSA) is 41.5 Å². The number of hydrogen-bond donors (Lipinski definition) is 2. The number of aliphatic hydroxyl groups excluding tert-OH is 1. The van der Waals surface area contributed by atoms with Crippen LogP contribution in [0.1, 0.15) is 20.3 Å². The molecule has 0 aromatic heterocycles. The monoisotopic (exact) mass is 241 g/mol. The molecule has 0 unspecified atom stereocenters. The molecule has 2 N–H and O–H groups in total. The Labute approximate surface area is 102 Å². The van der Waals surface area contributed by atoms with Crippen molar-refractivity contribution in [3.05, 3.63) is 30.1 Å². The summed E-state index contributed by atoms with van der Waals surface area (Å²) in [6, 6.07) is 6.53. The lowest BCUT2D eigenvalue weighted by atomic mass is 10.2. The maximum Gasteiger partial charge on any atom is 0.165 e. The van der Waals surface area contributed by atoms with Crippen LogP contribution in [0.2, 0.25) is 0 Å². The average molecular weight is 241 g/mol. The van der Waals surface area contributed by atoms with Gasteiger partial charge in [-0.25, -0.2) is 4.39 Å². The van der Waals surface area contributed by atoms with Crippen LogP contribution < -0.4 is 10.1 Å². The van der Waals surface area contributed by atoms with E-state index in [0.29, 0.717) is 12.6 Å². The first kappa shape index (κ1) is 13.9. The van der Waals surface area contributed by atoms with E-state index < -0.39 is 11.9 Å². The number of hydrogen-bond acceptors (Lipinski definition) is 3. The molecule has 0 aliphatic rings. The van der Waals surface area contributed by atoms with Gasteiger partial charge >= 0.3 is 0 Å². The third kappa shape index (κ3) is 5.15. The average Bonchev–Trinajstić information content (AvgIpc) is 2.35. The van der Waals surface area contributed by atoms with Crippen LogP contribution in [0.3, 0.4) is 0 Å². The van der Waals surface area contributed by atoms with Crippen molar-refractivity contribution in [1.29, 1.82) is 0 Å². The van der Waals surface area contributed by atoms with Crippen molar-refractivity contribution in [1.82, 2.24) is 5.32 Å². The normalized spacial score (nSPS) is 14.4. The van der Waals surface area contributed by atoms with E-state index in [4.69, 9.17) is 4.74 Å². The number of halogens is 1. The van der Waals surface area contributed by atoms with Crippen molar-refractivity contribution in [3.63, 3.8) is 0 Å². The SMILES string of the molecule is CC[C@H](C)NC[C@H](O)COc1ccccc1F. The maximum absolute atomic E-state index is 13.2. The zero-order chi connectivity index (χ0) is 12.7. The summed E-state index contributed by atoms with van der Waals surface area (Å²) >= 11 is 0. The Morgan fingerprint density at radius 3 is 2.76 bits per heavy atom. The second-order valence-corrected chi connectivity index (χ2v) is 4.11. The van der Waals surface area contributed by atoms with Gasteiger partial charge in [-0.05, 0) is 25.5 Å². The third-order valence-electron chi connectivity index (χ3n) is 2.58. The van der Waals surface area contributed by atoms with Gasteiger partial charge in [0.15, 0.2) is 11.6 Å². The molecule has 1 aromatic carbocycles. The molecule has 2 atom stereocenters. The van der Waals surface area contributed by atoms with E-state index in [-0.39, 0.29) is 12.4 Å². The third-order valence-corrected chi connectivity index (χ3v) is 2.58. The summed E-state index contributed by atoms with van der Waals surface area (Å²) in [6.45, 7) is 4.65. The van der Waals surface area contributed by atoms with Gasteiger partial charge < -0.3 is 15.2 Å². The molecule has 17 heavy (non-hydrogen) atoms. The van der Waals surface area contributed by atoms with Crippen LogP contribution in [0.25, 0.3) is 0 Å². The minimum Gasteiger partial charge on any atom is -0.488 e. The van der Waals surface area contributed by atoms with Crippen LogP contribution in [-0.2, 0) is 0 Å². The number of aliphatic hydroxyl groups is 1. The maximum atomic E-state index is 13.2. The lowest BCUT2D eigenvalue weighted by Gasteiger charge is -2.16. The molecule has 1 aromatic rings. The van der Waals surface area contributed by atoms with Crippen molar-refractivity contribution in [2.45, 2.75) is 32.4 Å². The first-order valence-corrected chi connectivity index (χ1v) is 5.92. The molecule has 0 amide bonds. The summed E-state index contributed by atoms with van der Waals surface area (Å²) in [6.07, 6.45) is 0.365. The molecule has 96 valence electrons. The summed E-state index contributed by atoms with van der Waals surface area (Å²) in [5.74, 6) is -0.232. The summed E-state index contributed by atoms with van der Waals surface area (Å²) in [5, 5.41) is 12.8. The van der Waals surface area contributed by atoms with E-state index in [1.807, 2.05) is 6.92 Å². The molecule has 0 aliphatic carbocycles. The number of para-hydroxylation sites is 1. The van der Waals surface area contributed by atoms with E-state index >= 15 is 0 Å². The summed E-state index contributed by atoms with van der Waals surface area (Å²) in [7, 11) is 0. The fourth-order valence-electron chi connectivity index (χ4n) is 1.29. The lowest BCUT2D eigenvalue weighted by molar-refractivity contribution is 0.102. The van der Waals surface area contributed by atoms with E-state index in [9.17, 15) is 9.50 Å². The van der Waals surface area contributed by atoms with Crippen molar-refractivity contribution in [2.75, 3.05) is 13.2 Å². The molecule has 0 heterocycles. The summed E-state index contributed by atoms with van der Waals surface area (Å²) in [4.78, 5) is 0. The molecule has 0 bridgehead atoms. The fourth-order valence-corrected chi connectivity index (χ4v) is 1.29. The minimum atomic E-state index is -0.636. The first-order chi connectivity index (χ1) is 8.13. The highest BCUT2D eigenvalue weighted by molar-refractivity contribution is 5.23. The van der Waals surface area contributed by atoms with Crippen molar-refractivity contribution in [2.24, 2.45) is 0 Å². The van der Waals surface area contributed by atoms with Crippen LogP contribution in [0.5, 0.6) is 5.75 Å². The summed E-state index contributed by atoms with van der Waals surface area (Å²) < 4.78 is 18.4. The number of nitrogens with one attached hydrogen (secondary N) is 1. The molecule has 0 fully saturated rings. The van der Waals surface area contributed by atoms with E-state index in [0.717, 1.165) is 6.42 Å². The molecule has 0 saturated carbocycles. The van der Waals surface area contributed by atoms with Gasteiger partial charge in [0.25, 0.3) is 0 Å². The fraction of sp³-hybridized carbons (Fsp3) is 0.538.